The first-order valence-electron chi connectivity index (χ1n) is 11.5. The predicted molar refractivity (Wildman–Crippen MR) is 132 cm³/mol. The molecule has 0 saturated carbocycles. The van der Waals surface area contributed by atoms with Gasteiger partial charge in [-0.05, 0) is 30.7 Å². The van der Waals surface area contributed by atoms with Crippen molar-refractivity contribution in [2.45, 2.75) is 56.3 Å². The Kier molecular flexibility index (Phi) is 9.69. The number of amides is 3. The molecule has 3 rings (SSSR count). The third kappa shape index (κ3) is 7.41. The molecule has 38 heavy (non-hydrogen) atoms. The van der Waals surface area contributed by atoms with Gasteiger partial charge < -0.3 is 20.3 Å². The Labute approximate surface area is 226 Å². The summed E-state index contributed by atoms with van der Waals surface area (Å²) in [5.74, 6) is -4.36. The Morgan fingerprint density at radius 3 is 2.61 bits per heavy atom. The minimum Gasteiger partial charge on any atom is -0.481 e. The molecule has 2 saturated heterocycles. The number of rotatable bonds is 10. The van der Waals surface area contributed by atoms with Crippen LogP contribution in [0.2, 0.25) is 5.02 Å². The number of thiophene rings is 1. The fourth-order valence-corrected chi connectivity index (χ4v) is 5.93. The zero-order valence-corrected chi connectivity index (χ0v) is 22.6. The summed E-state index contributed by atoms with van der Waals surface area (Å²) < 4.78 is 30.7. The number of halogens is 1. The number of aliphatic hydroxyl groups is 1. The van der Waals surface area contributed by atoms with Crippen LogP contribution < -0.4 is 10.0 Å². The van der Waals surface area contributed by atoms with Gasteiger partial charge in [-0.2, -0.15) is 0 Å². The van der Waals surface area contributed by atoms with Crippen molar-refractivity contribution in [3.8, 4) is 0 Å². The number of hydrogen-bond donors (Lipinski definition) is 4. The molecule has 2 aliphatic rings. The molecule has 2 fully saturated rings. The number of esters is 1. The van der Waals surface area contributed by atoms with Gasteiger partial charge in [0, 0.05) is 13.0 Å². The van der Waals surface area contributed by atoms with E-state index in [0.29, 0.717) is 6.42 Å². The summed E-state index contributed by atoms with van der Waals surface area (Å²) >= 11 is 6.90. The van der Waals surface area contributed by atoms with Gasteiger partial charge in [0.25, 0.3) is 5.91 Å². The number of ether oxygens (including phenoxy) is 1. The monoisotopic (exact) mass is 594 g/mol. The molecule has 0 radical (unpaired) electrons. The van der Waals surface area contributed by atoms with E-state index in [2.05, 4.69) is 10.0 Å². The smallest absolute Gasteiger partial charge is 0.349 e. The second-order valence-corrected chi connectivity index (χ2v) is 11.9. The quantitative estimate of drug-likeness (QED) is 0.252. The van der Waals surface area contributed by atoms with Crippen molar-refractivity contribution in [2.24, 2.45) is 0 Å². The lowest BCUT2D eigenvalue weighted by atomic mass is 10.0. The van der Waals surface area contributed by atoms with E-state index in [4.69, 9.17) is 16.3 Å². The molecule has 1 aromatic rings. The van der Waals surface area contributed by atoms with Gasteiger partial charge >= 0.3 is 11.9 Å². The number of nitrogens with one attached hydrogen (secondary N) is 2. The lowest BCUT2D eigenvalue weighted by Gasteiger charge is -2.43. The van der Waals surface area contributed by atoms with Gasteiger partial charge in [0.2, 0.25) is 21.8 Å². The van der Waals surface area contributed by atoms with Gasteiger partial charge in [0.1, 0.15) is 29.7 Å². The molecule has 210 valence electrons. The van der Waals surface area contributed by atoms with Crippen LogP contribution in [0.4, 0.5) is 0 Å². The molecule has 3 amide bonds. The van der Waals surface area contributed by atoms with Gasteiger partial charge in [-0.3, -0.25) is 24.2 Å². The van der Waals surface area contributed by atoms with E-state index in [0.717, 1.165) is 27.6 Å². The Morgan fingerprint density at radius 1 is 1.29 bits per heavy atom. The van der Waals surface area contributed by atoms with E-state index < -0.39 is 76.9 Å². The van der Waals surface area contributed by atoms with Crippen molar-refractivity contribution in [3.05, 3.63) is 21.3 Å². The largest absolute Gasteiger partial charge is 0.481 e. The number of sulfonamides is 1. The maximum atomic E-state index is 13.3. The number of hydrazine groups is 1. The number of carboxylic acid groups (broad SMARTS) is 1. The fourth-order valence-electron chi connectivity index (χ4n) is 4.17. The van der Waals surface area contributed by atoms with Gasteiger partial charge in [-0.25, -0.2) is 22.9 Å². The lowest BCUT2D eigenvalue weighted by molar-refractivity contribution is -0.176. The first-order valence-corrected chi connectivity index (χ1v) is 14.6. The van der Waals surface area contributed by atoms with Gasteiger partial charge in [0.15, 0.2) is 0 Å². The zero-order valence-electron chi connectivity index (χ0n) is 20.2. The van der Waals surface area contributed by atoms with Crippen LogP contribution in [-0.2, 0) is 33.9 Å². The van der Waals surface area contributed by atoms with Crippen LogP contribution in [0, 0.1) is 0 Å². The molecule has 4 atom stereocenters. The molecule has 14 nitrogen and oxygen atoms in total. The number of nitrogens with zero attached hydrogens (tertiary/aromatic N) is 2. The van der Waals surface area contributed by atoms with Crippen molar-refractivity contribution >= 4 is 62.6 Å². The average molecular weight is 595 g/mol. The minimum absolute atomic E-state index is 0.0848. The molecular formula is C21H27ClN4O10S2. The SMILES string of the molecule is CS(=O)(=O)NC1CCC(=O)N2CCCC(C(=O)NC(CC(=O)O)C(O)COC(=O)c3sccc3Cl)N2C1=O. The minimum atomic E-state index is -3.82. The maximum absolute atomic E-state index is 13.3. The summed E-state index contributed by atoms with van der Waals surface area (Å²) in [5, 5.41) is 25.9. The number of aliphatic hydroxyl groups excluding tert-OH is 1. The third-order valence-corrected chi connectivity index (χ3v) is 7.93. The number of aliphatic carboxylic acids is 1. The van der Waals surface area contributed by atoms with Gasteiger partial charge in [0.05, 0.1) is 23.7 Å². The number of carbonyl (C=O) groups is 5. The highest BCUT2D eigenvalue weighted by atomic mass is 35.5. The van der Waals surface area contributed by atoms with Crippen LogP contribution in [0.25, 0.3) is 0 Å². The molecule has 17 heteroatoms. The van der Waals surface area contributed by atoms with Gasteiger partial charge in [-0.1, -0.05) is 11.6 Å². The van der Waals surface area contributed by atoms with E-state index >= 15 is 0 Å². The highest BCUT2D eigenvalue weighted by Gasteiger charge is 2.45. The van der Waals surface area contributed by atoms with Crippen molar-refractivity contribution in [1.82, 2.24) is 20.1 Å². The summed E-state index contributed by atoms with van der Waals surface area (Å²) in [4.78, 5) is 62.9. The molecular weight excluding hydrogens is 568 g/mol. The molecule has 0 aromatic carbocycles. The first-order chi connectivity index (χ1) is 17.8. The molecule has 0 aliphatic carbocycles. The second-order valence-electron chi connectivity index (χ2n) is 8.82. The summed E-state index contributed by atoms with van der Waals surface area (Å²) in [5.41, 5.74) is 0. The fraction of sp³-hybridized carbons (Fsp3) is 0.571. The maximum Gasteiger partial charge on any atom is 0.349 e. The predicted octanol–water partition coefficient (Wildman–Crippen LogP) is -0.675. The molecule has 3 heterocycles. The molecule has 4 N–H and O–H groups in total. The molecule has 0 bridgehead atoms. The normalized spacial score (nSPS) is 21.8. The Balaban J connectivity index is 1.76. The zero-order chi connectivity index (χ0) is 28.2. The highest BCUT2D eigenvalue weighted by molar-refractivity contribution is 7.88. The molecule has 4 unspecified atom stereocenters. The van der Waals surface area contributed by atoms with Crippen LogP contribution in [-0.4, -0.2) is 102 Å². The van der Waals surface area contributed by atoms with Crippen LogP contribution in [0.1, 0.15) is 41.8 Å². The van der Waals surface area contributed by atoms with Crippen molar-refractivity contribution in [1.29, 1.82) is 0 Å². The lowest BCUT2D eigenvalue weighted by Crippen LogP contribution is -2.64. The van der Waals surface area contributed by atoms with Crippen molar-refractivity contribution in [3.63, 3.8) is 0 Å². The van der Waals surface area contributed by atoms with Crippen LogP contribution >= 0.6 is 22.9 Å². The van der Waals surface area contributed by atoms with Gasteiger partial charge in [-0.15, -0.1) is 11.3 Å². The Hall–Kier alpha value is -2.79. The average Bonchev–Trinajstić information content (AvgIpc) is 3.23. The standard InChI is InChI=1S/C21H27ClN4O10S2/c1-38(34,35)24-12-4-5-16(28)25-7-2-3-14(26(25)20(12)32)19(31)23-13(9-17(29)30)15(27)10-36-21(33)18-11(22)6-8-37-18/h6,8,12-15,24,27H,2-5,7,9-10H2,1H3,(H,23,31)(H,29,30). The first kappa shape index (κ1) is 29.8. The van der Waals surface area contributed by atoms with Crippen LogP contribution in [0.5, 0.6) is 0 Å². The van der Waals surface area contributed by atoms with E-state index in [1.54, 1.807) is 5.38 Å². The van der Waals surface area contributed by atoms with Crippen LogP contribution in [0.15, 0.2) is 11.4 Å². The summed E-state index contributed by atoms with van der Waals surface area (Å²) in [6.07, 6.45) is -1.33. The summed E-state index contributed by atoms with van der Waals surface area (Å²) in [6, 6.07) is -2.51. The molecule has 1 aromatic heterocycles. The highest BCUT2D eigenvalue weighted by Crippen LogP contribution is 2.26. The van der Waals surface area contributed by atoms with E-state index in [9.17, 15) is 42.6 Å². The summed E-state index contributed by atoms with van der Waals surface area (Å²) in [7, 11) is -3.82. The van der Waals surface area contributed by atoms with E-state index in [-0.39, 0.29) is 35.7 Å². The molecule has 0 spiro atoms. The third-order valence-electron chi connectivity index (χ3n) is 5.89. The molecule has 2 aliphatic heterocycles. The number of fused-ring (bicyclic) bond motifs is 1. The Bertz CT molecular complexity index is 1210. The number of carbonyl (C=O) groups excluding carboxylic acids is 4. The second kappa shape index (κ2) is 12.4. The van der Waals surface area contributed by atoms with E-state index in [1.807, 2.05) is 0 Å². The van der Waals surface area contributed by atoms with Crippen molar-refractivity contribution < 1.29 is 47.3 Å². The summed E-state index contributed by atoms with van der Waals surface area (Å²) in [6.45, 7) is -0.536. The van der Waals surface area contributed by atoms with Crippen LogP contribution in [0.3, 0.4) is 0 Å². The Morgan fingerprint density at radius 2 is 2.00 bits per heavy atom. The van der Waals surface area contributed by atoms with Crippen molar-refractivity contribution in [2.75, 3.05) is 19.4 Å². The number of carboxylic acids is 1. The number of hydrogen-bond acceptors (Lipinski definition) is 10. The van der Waals surface area contributed by atoms with E-state index in [1.165, 1.54) is 6.07 Å². The topological polar surface area (TPSA) is 200 Å².